The first-order valence-corrected chi connectivity index (χ1v) is 5.78. The Kier molecular flexibility index (Phi) is 2.64. The van der Waals surface area contributed by atoms with Gasteiger partial charge in [0.1, 0.15) is 5.52 Å². The minimum atomic E-state index is -0.421. The monoisotopic (exact) mass is 274 g/mol. The van der Waals surface area contributed by atoms with Gasteiger partial charge >= 0.3 is 0 Å². The Morgan fingerprint density at radius 1 is 1.32 bits per heavy atom. The number of non-ortho nitro benzene ring substituents is 1. The van der Waals surface area contributed by atoms with E-state index in [1.807, 2.05) is 0 Å². The van der Waals surface area contributed by atoms with Crippen molar-refractivity contribution in [2.24, 2.45) is 0 Å². The number of nitrogens with one attached hydrogen (secondary N) is 1. The van der Waals surface area contributed by atoms with Gasteiger partial charge in [-0.2, -0.15) is 0 Å². The van der Waals surface area contributed by atoms with E-state index in [4.69, 9.17) is 11.6 Å². The molecular weight excluding hydrogens is 268 g/mol. The molecule has 0 amide bonds. The fraction of sp³-hybridized carbons (Fsp3) is 0. The Morgan fingerprint density at radius 2 is 2.16 bits per heavy atom. The SMILES string of the molecule is O=[N+]([O-])c1cccc2c(-c3ccnc(Cl)n3)c[nH]c12. The quantitative estimate of drug-likeness (QED) is 0.442. The lowest BCUT2D eigenvalue weighted by Gasteiger charge is -1.99. The molecule has 7 heteroatoms. The molecule has 2 aromatic heterocycles. The number of halogens is 1. The van der Waals surface area contributed by atoms with Crippen molar-refractivity contribution in [3.05, 3.63) is 52.1 Å². The third-order valence-corrected chi connectivity index (χ3v) is 2.97. The normalized spacial score (nSPS) is 10.8. The number of nitro groups is 1. The summed E-state index contributed by atoms with van der Waals surface area (Å²) in [7, 11) is 0. The summed E-state index contributed by atoms with van der Waals surface area (Å²) in [5, 5.41) is 11.8. The van der Waals surface area contributed by atoms with Gasteiger partial charge in [0.2, 0.25) is 5.28 Å². The second-order valence-corrected chi connectivity index (χ2v) is 4.21. The number of para-hydroxylation sites is 1. The summed E-state index contributed by atoms with van der Waals surface area (Å²) >= 11 is 5.75. The fourth-order valence-corrected chi connectivity index (χ4v) is 2.13. The van der Waals surface area contributed by atoms with Crippen molar-refractivity contribution < 1.29 is 4.92 Å². The Hall–Kier alpha value is -2.47. The average molecular weight is 275 g/mol. The van der Waals surface area contributed by atoms with Crippen LogP contribution in [0.5, 0.6) is 0 Å². The van der Waals surface area contributed by atoms with Crippen LogP contribution in [0.3, 0.4) is 0 Å². The molecule has 0 fully saturated rings. The zero-order valence-corrected chi connectivity index (χ0v) is 10.3. The van der Waals surface area contributed by atoms with Crippen LogP contribution >= 0.6 is 11.6 Å². The van der Waals surface area contributed by atoms with Gasteiger partial charge in [0.25, 0.3) is 5.69 Å². The van der Waals surface area contributed by atoms with Gasteiger partial charge in [-0.05, 0) is 17.7 Å². The summed E-state index contributed by atoms with van der Waals surface area (Å²) in [6.07, 6.45) is 3.22. The van der Waals surface area contributed by atoms with Crippen LogP contribution < -0.4 is 0 Å². The predicted molar refractivity (Wildman–Crippen MR) is 71.0 cm³/mol. The topological polar surface area (TPSA) is 84.7 Å². The molecule has 0 saturated carbocycles. The second kappa shape index (κ2) is 4.33. The number of hydrogen-bond acceptors (Lipinski definition) is 4. The van der Waals surface area contributed by atoms with Gasteiger partial charge in [0.05, 0.1) is 10.6 Å². The first-order chi connectivity index (χ1) is 9.16. The second-order valence-electron chi connectivity index (χ2n) is 3.87. The summed E-state index contributed by atoms with van der Waals surface area (Å²) in [5.74, 6) is 0. The number of aromatic nitrogens is 3. The van der Waals surface area contributed by atoms with Crippen LogP contribution in [-0.4, -0.2) is 19.9 Å². The van der Waals surface area contributed by atoms with Crippen LogP contribution in [0.1, 0.15) is 0 Å². The summed E-state index contributed by atoms with van der Waals surface area (Å²) in [6.45, 7) is 0. The van der Waals surface area contributed by atoms with Crippen LogP contribution in [0.2, 0.25) is 5.28 Å². The molecule has 0 bridgehead atoms. The Labute approximate surface area is 112 Å². The van der Waals surface area contributed by atoms with Crippen molar-refractivity contribution in [2.75, 3.05) is 0 Å². The molecule has 0 unspecified atom stereocenters. The van der Waals surface area contributed by atoms with Gasteiger partial charge in [0.15, 0.2) is 0 Å². The lowest BCUT2D eigenvalue weighted by Crippen LogP contribution is -1.89. The predicted octanol–water partition coefficient (Wildman–Crippen LogP) is 3.19. The number of H-pyrrole nitrogens is 1. The van der Waals surface area contributed by atoms with Crippen molar-refractivity contribution in [1.29, 1.82) is 0 Å². The number of aromatic amines is 1. The van der Waals surface area contributed by atoms with Crippen molar-refractivity contribution in [1.82, 2.24) is 15.0 Å². The van der Waals surface area contributed by atoms with E-state index >= 15 is 0 Å². The molecule has 19 heavy (non-hydrogen) atoms. The average Bonchev–Trinajstić information content (AvgIpc) is 2.82. The van der Waals surface area contributed by atoms with Crippen molar-refractivity contribution in [3.8, 4) is 11.3 Å². The Bertz CT molecular complexity index is 784. The third-order valence-electron chi connectivity index (χ3n) is 2.79. The minimum Gasteiger partial charge on any atom is -0.355 e. The maximum absolute atomic E-state index is 11.0. The molecule has 94 valence electrons. The van der Waals surface area contributed by atoms with Gasteiger partial charge in [-0.3, -0.25) is 10.1 Å². The fourth-order valence-electron chi connectivity index (χ4n) is 1.99. The van der Waals surface area contributed by atoms with Gasteiger partial charge in [-0.25, -0.2) is 9.97 Å². The summed E-state index contributed by atoms with van der Waals surface area (Å²) < 4.78 is 0. The molecule has 1 N–H and O–H groups in total. The lowest BCUT2D eigenvalue weighted by atomic mass is 10.1. The number of rotatable bonds is 2. The van der Waals surface area contributed by atoms with Crippen molar-refractivity contribution in [2.45, 2.75) is 0 Å². The highest BCUT2D eigenvalue weighted by atomic mass is 35.5. The zero-order valence-electron chi connectivity index (χ0n) is 9.50. The first kappa shape index (κ1) is 11.6. The molecule has 3 aromatic rings. The van der Waals surface area contributed by atoms with Crippen molar-refractivity contribution >= 4 is 28.2 Å². The molecule has 0 spiro atoms. The molecule has 1 aromatic carbocycles. The van der Waals surface area contributed by atoms with Crippen LogP contribution in [-0.2, 0) is 0 Å². The Morgan fingerprint density at radius 3 is 2.89 bits per heavy atom. The van der Waals surface area contributed by atoms with E-state index < -0.39 is 4.92 Å². The number of fused-ring (bicyclic) bond motifs is 1. The molecule has 0 saturated heterocycles. The smallest absolute Gasteiger partial charge is 0.293 e. The van der Waals surface area contributed by atoms with Gasteiger partial charge < -0.3 is 4.98 Å². The van der Waals surface area contributed by atoms with E-state index in [-0.39, 0.29) is 11.0 Å². The summed E-state index contributed by atoms with van der Waals surface area (Å²) in [5.41, 5.74) is 1.87. The highest BCUT2D eigenvalue weighted by molar-refractivity contribution is 6.28. The maximum atomic E-state index is 11.0. The first-order valence-electron chi connectivity index (χ1n) is 5.40. The molecule has 0 aliphatic carbocycles. The van der Waals surface area contributed by atoms with Gasteiger partial charge in [-0.1, -0.05) is 12.1 Å². The van der Waals surface area contributed by atoms with E-state index in [2.05, 4.69) is 15.0 Å². The summed E-state index contributed by atoms with van der Waals surface area (Å²) in [4.78, 5) is 21.4. The number of benzene rings is 1. The molecule has 0 atom stereocenters. The van der Waals surface area contributed by atoms with Crippen LogP contribution in [0, 0.1) is 10.1 Å². The van der Waals surface area contributed by atoms with E-state index in [1.54, 1.807) is 30.6 Å². The minimum absolute atomic E-state index is 0.0314. The molecule has 3 rings (SSSR count). The molecule has 2 heterocycles. The molecular formula is C12H7ClN4O2. The maximum Gasteiger partial charge on any atom is 0.293 e. The van der Waals surface area contributed by atoms with Crippen molar-refractivity contribution in [3.63, 3.8) is 0 Å². The van der Waals surface area contributed by atoms with E-state index in [9.17, 15) is 10.1 Å². The van der Waals surface area contributed by atoms with Crippen LogP contribution in [0.4, 0.5) is 5.69 Å². The Balaban J connectivity index is 2.27. The molecule has 0 aliphatic heterocycles. The molecule has 0 radical (unpaired) electrons. The highest BCUT2D eigenvalue weighted by Crippen LogP contribution is 2.32. The standard InChI is InChI=1S/C12H7ClN4O2/c13-12-14-5-4-9(16-12)8-6-15-11-7(8)2-1-3-10(11)17(18)19/h1-6,15H. The third kappa shape index (κ3) is 1.92. The van der Waals surface area contributed by atoms with E-state index in [0.29, 0.717) is 11.2 Å². The van der Waals surface area contributed by atoms with E-state index in [1.165, 1.54) is 6.07 Å². The number of hydrogen-bond donors (Lipinski definition) is 1. The lowest BCUT2D eigenvalue weighted by molar-refractivity contribution is -0.383. The molecule has 6 nitrogen and oxygen atoms in total. The number of nitrogens with zero attached hydrogens (tertiary/aromatic N) is 3. The van der Waals surface area contributed by atoms with Crippen LogP contribution in [0.15, 0.2) is 36.7 Å². The van der Waals surface area contributed by atoms with E-state index in [0.717, 1.165) is 10.9 Å². The summed E-state index contributed by atoms with van der Waals surface area (Å²) in [6, 6.07) is 6.59. The highest BCUT2D eigenvalue weighted by Gasteiger charge is 2.16. The molecule has 0 aliphatic rings. The number of nitro benzene ring substituents is 1. The van der Waals surface area contributed by atoms with Crippen LogP contribution in [0.25, 0.3) is 22.2 Å². The zero-order chi connectivity index (χ0) is 13.4. The van der Waals surface area contributed by atoms with Gasteiger partial charge in [-0.15, -0.1) is 0 Å². The largest absolute Gasteiger partial charge is 0.355 e. The van der Waals surface area contributed by atoms with Gasteiger partial charge in [0, 0.05) is 29.4 Å².